The van der Waals surface area contributed by atoms with Crippen molar-refractivity contribution in [3.63, 3.8) is 0 Å². The van der Waals surface area contributed by atoms with Crippen molar-refractivity contribution >= 4 is 5.97 Å². The van der Waals surface area contributed by atoms with E-state index in [-0.39, 0.29) is 23.7 Å². The third-order valence-electron chi connectivity index (χ3n) is 7.14. The quantitative estimate of drug-likeness (QED) is 0.252. The summed E-state index contributed by atoms with van der Waals surface area (Å²) >= 11 is 0. The molecule has 0 radical (unpaired) electrons. The highest BCUT2D eigenvalue weighted by Crippen LogP contribution is 2.47. The molecule has 2 aliphatic carbocycles. The second kappa shape index (κ2) is 10.3. The Bertz CT molecular complexity index is 1030. The molecule has 2 aliphatic rings. The van der Waals surface area contributed by atoms with Gasteiger partial charge in [-0.3, -0.25) is 0 Å². The molecule has 33 heavy (non-hydrogen) atoms. The number of benzene rings is 2. The average Bonchev–Trinajstić information content (AvgIpc) is 2.82. The summed E-state index contributed by atoms with van der Waals surface area (Å²) in [5, 5.41) is 0. The van der Waals surface area contributed by atoms with Gasteiger partial charge in [-0.25, -0.2) is 13.6 Å². The Balaban J connectivity index is 1.40. The summed E-state index contributed by atoms with van der Waals surface area (Å²) in [5.74, 6) is 0.241. The Morgan fingerprint density at radius 2 is 1.76 bits per heavy atom. The van der Waals surface area contributed by atoms with Crippen molar-refractivity contribution in [2.45, 2.75) is 44.4 Å². The molecule has 0 aliphatic heterocycles. The molecule has 0 aromatic heterocycles. The van der Waals surface area contributed by atoms with E-state index >= 15 is 0 Å². The van der Waals surface area contributed by atoms with Crippen LogP contribution in [-0.2, 0) is 0 Å². The zero-order chi connectivity index (χ0) is 23.4. The number of carbonyl (C=O) groups is 1. The monoisotopic (exact) mass is 452 g/mol. The molecule has 2 fully saturated rings. The molecule has 2 aromatic rings. The van der Waals surface area contributed by atoms with E-state index in [9.17, 15) is 13.6 Å². The first kappa shape index (κ1) is 23.2. The first-order valence-corrected chi connectivity index (χ1v) is 11.7. The van der Waals surface area contributed by atoms with Gasteiger partial charge >= 0.3 is 5.97 Å². The maximum atomic E-state index is 14.9. The van der Waals surface area contributed by atoms with E-state index in [0.717, 1.165) is 36.8 Å². The van der Waals surface area contributed by atoms with Crippen molar-refractivity contribution in [1.29, 1.82) is 0 Å². The lowest BCUT2D eigenvalue weighted by Gasteiger charge is -2.41. The molecule has 0 N–H and O–H groups in total. The van der Waals surface area contributed by atoms with E-state index in [0.29, 0.717) is 17.8 Å². The van der Waals surface area contributed by atoms with Gasteiger partial charge in [0.05, 0.1) is 5.56 Å². The summed E-state index contributed by atoms with van der Waals surface area (Å²) in [6, 6.07) is 8.58. The van der Waals surface area contributed by atoms with Gasteiger partial charge in [0.15, 0.2) is 11.6 Å². The van der Waals surface area contributed by atoms with Gasteiger partial charge in [0.1, 0.15) is 18.2 Å². The number of carbonyl (C=O) groups excluding carboxylic acids is 1. The highest BCUT2D eigenvalue weighted by Gasteiger charge is 2.35. The lowest BCUT2D eigenvalue weighted by molar-refractivity contribution is 0.0729. The van der Waals surface area contributed by atoms with Crippen LogP contribution in [0.3, 0.4) is 0 Å². The molecule has 2 aromatic carbocycles. The molecule has 0 bridgehead atoms. The molecule has 0 saturated heterocycles. The van der Waals surface area contributed by atoms with Gasteiger partial charge in [-0.15, -0.1) is 6.58 Å². The SMILES string of the molecule is C=CCOc1ccc(OC(=O)c2ccc(C3CCC4CC(C=C)CCC4C3)cc2F)cc1F. The Hall–Kier alpha value is -2.95. The molecule has 4 atom stereocenters. The molecule has 4 rings (SSSR count). The number of fused-ring (bicyclic) bond motifs is 1. The number of ether oxygens (including phenoxy) is 2. The third kappa shape index (κ3) is 5.35. The Morgan fingerprint density at radius 3 is 2.48 bits per heavy atom. The number of halogens is 2. The first-order chi connectivity index (χ1) is 16.0. The minimum absolute atomic E-state index is 0.0135. The zero-order valence-electron chi connectivity index (χ0n) is 18.8. The smallest absolute Gasteiger partial charge is 0.346 e. The minimum Gasteiger partial charge on any atom is -0.486 e. The fraction of sp³-hybridized carbons (Fsp3) is 0.393. The van der Waals surface area contributed by atoms with Crippen LogP contribution in [0.25, 0.3) is 0 Å². The second-order valence-electron chi connectivity index (χ2n) is 9.16. The number of esters is 1. The summed E-state index contributed by atoms with van der Waals surface area (Å²) in [7, 11) is 0. The van der Waals surface area contributed by atoms with Gasteiger partial charge in [0, 0.05) is 6.07 Å². The van der Waals surface area contributed by atoms with Crippen molar-refractivity contribution in [3.8, 4) is 11.5 Å². The number of hydrogen-bond acceptors (Lipinski definition) is 3. The molecule has 4 unspecified atom stereocenters. The van der Waals surface area contributed by atoms with Crippen LogP contribution in [-0.4, -0.2) is 12.6 Å². The Labute approximate surface area is 194 Å². The number of allylic oxidation sites excluding steroid dienone is 1. The molecule has 0 heterocycles. The molecular weight excluding hydrogens is 422 g/mol. The highest BCUT2D eigenvalue weighted by molar-refractivity contribution is 5.91. The van der Waals surface area contributed by atoms with Crippen LogP contribution in [0.4, 0.5) is 8.78 Å². The lowest BCUT2D eigenvalue weighted by Crippen LogP contribution is -2.30. The summed E-state index contributed by atoms with van der Waals surface area (Å²) in [4.78, 5) is 12.5. The fourth-order valence-electron chi connectivity index (χ4n) is 5.37. The van der Waals surface area contributed by atoms with Crippen molar-refractivity contribution in [1.82, 2.24) is 0 Å². The van der Waals surface area contributed by atoms with E-state index in [2.05, 4.69) is 19.2 Å². The summed E-state index contributed by atoms with van der Waals surface area (Å²) < 4.78 is 39.3. The van der Waals surface area contributed by atoms with Crippen molar-refractivity contribution < 1.29 is 23.0 Å². The van der Waals surface area contributed by atoms with Gasteiger partial charge in [0.25, 0.3) is 0 Å². The van der Waals surface area contributed by atoms with Crippen LogP contribution >= 0.6 is 0 Å². The predicted octanol–water partition coefficient (Wildman–Crippen LogP) is 7.23. The van der Waals surface area contributed by atoms with E-state index in [4.69, 9.17) is 9.47 Å². The van der Waals surface area contributed by atoms with Gasteiger partial charge in [-0.2, -0.15) is 0 Å². The molecule has 5 heteroatoms. The highest BCUT2D eigenvalue weighted by atomic mass is 19.1. The Kier molecular flexibility index (Phi) is 7.26. The average molecular weight is 453 g/mol. The van der Waals surface area contributed by atoms with Crippen molar-refractivity contribution in [2.24, 2.45) is 17.8 Å². The first-order valence-electron chi connectivity index (χ1n) is 11.7. The summed E-state index contributed by atoms with van der Waals surface area (Å²) in [6.07, 6.45) is 10.5. The lowest BCUT2D eigenvalue weighted by atomic mass is 9.64. The van der Waals surface area contributed by atoms with Gasteiger partial charge in [-0.05, 0) is 92.0 Å². The van der Waals surface area contributed by atoms with Crippen molar-refractivity contribution in [3.05, 3.63) is 84.5 Å². The minimum atomic E-state index is -0.857. The largest absolute Gasteiger partial charge is 0.486 e. The van der Waals surface area contributed by atoms with Crippen molar-refractivity contribution in [2.75, 3.05) is 6.61 Å². The zero-order valence-corrected chi connectivity index (χ0v) is 18.8. The maximum absolute atomic E-state index is 14.9. The maximum Gasteiger partial charge on any atom is 0.346 e. The molecule has 0 amide bonds. The van der Waals surface area contributed by atoms with Crippen LogP contribution in [0.2, 0.25) is 0 Å². The van der Waals surface area contributed by atoms with Crippen LogP contribution in [0.15, 0.2) is 61.7 Å². The standard InChI is InChI=1S/C28H30F2O3/c1-3-13-32-27-12-10-23(17-26(27)30)33-28(31)24-11-9-22(16-25(24)29)21-8-7-19-14-18(4-2)5-6-20(19)15-21/h3-4,9-12,16-21H,1-2,5-8,13-15H2. The molecule has 3 nitrogen and oxygen atoms in total. The third-order valence-corrected chi connectivity index (χ3v) is 7.14. The van der Waals surface area contributed by atoms with Gasteiger partial charge in [0.2, 0.25) is 0 Å². The molecule has 0 spiro atoms. The number of hydrogen-bond donors (Lipinski definition) is 0. The molecule has 2 saturated carbocycles. The second-order valence-corrected chi connectivity index (χ2v) is 9.16. The predicted molar refractivity (Wildman–Crippen MR) is 125 cm³/mol. The Morgan fingerprint density at radius 1 is 0.970 bits per heavy atom. The van der Waals surface area contributed by atoms with Crippen LogP contribution < -0.4 is 9.47 Å². The fourth-order valence-corrected chi connectivity index (χ4v) is 5.37. The summed E-state index contributed by atoms with van der Waals surface area (Å²) in [5.41, 5.74) is 0.773. The van der Waals surface area contributed by atoms with E-state index in [1.54, 1.807) is 0 Å². The van der Waals surface area contributed by atoms with Crippen LogP contribution in [0.5, 0.6) is 11.5 Å². The topological polar surface area (TPSA) is 35.5 Å². The van der Waals surface area contributed by atoms with Gasteiger partial charge < -0.3 is 9.47 Å². The van der Waals surface area contributed by atoms with E-state index in [1.165, 1.54) is 49.6 Å². The summed E-state index contributed by atoms with van der Waals surface area (Å²) in [6.45, 7) is 7.62. The van der Waals surface area contributed by atoms with E-state index < -0.39 is 17.6 Å². The molecular formula is C28H30F2O3. The van der Waals surface area contributed by atoms with Crippen LogP contribution in [0, 0.1) is 29.4 Å². The van der Waals surface area contributed by atoms with Crippen LogP contribution in [0.1, 0.15) is 60.4 Å². The number of rotatable bonds is 7. The molecule has 174 valence electrons. The van der Waals surface area contributed by atoms with E-state index in [1.807, 2.05) is 6.07 Å². The normalized spacial score (nSPS) is 24.4. The van der Waals surface area contributed by atoms with Gasteiger partial charge in [-0.1, -0.05) is 24.8 Å².